The van der Waals surface area contributed by atoms with Crippen LogP contribution < -0.4 is 10.5 Å². The van der Waals surface area contributed by atoms with E-state index in [1.807, 2.05) is 0 Å². The van der Waals surface area contributed by atoms with Crippen molar-refractivity contribution < 1.29 is 13.2 Å². The minimum absolute atomic E-state index is 0.0142. The van der Waals surface area contributed by atoms with Gasteiger partial charge in [0.25, 0.3) is 0 Å². The summed E-state index contributed by atoms with van der Waals surface area (Å²) in [5.41, 5.74) is 5.36. The molecule has 2 N–H and O–H groups in total. The van der Waals surface area contributed by atoms with Crippen molar-refractivity contribution in [3.05, 3.63) is 21.6 Å². The maximum absolute atomic E-state index is 12.3. The van der Waals surface area contributed by atoms with Crippen molar-refractivity contribution in [3.8, 4) is 5.75 Å². The highest BCUT2D eigenvalue weighted by molar-refractivity contribution is 9.10. The molecule has 0 amide bonds. The number of rotatable bonds is 5. The van der Waals surface area contributed by atoms with Gasteiger partial charge < -0.3 is 10.5 Å². The van der Waals surface area contributed by atoms with Crippen molar-refractivity contribution in [1.82, 2.24) is 4.31 Å². The molecule has 0 spiro atoms. The molecule has 0 bridgehead atoms. The van der Waals surface area contributed by atoms with Crippen molar-refractivity contribution >= 4 is 37.6 Å². The molecule has 0 aliphatic heterocycles. The molecule has 0 heterocycles. The van der Waals surface area contributed by atoms with E-state index in [4.69, 9.17) is 22.1 Å². The van der Waals surface area contributed by atoms with Crippen LogP contribution in [0.2, 0.25) is 5.02 Å². The molecule has 5 nitrogen and oxygen atoms in total. The van der Waals surface area contributed by atoms with Gasteiger partial charge in [0.1, 0.15) is 4.90 Å². The molecule has 0 radical (unpaired) electrons. The minimum Gasteiger partial charge on any atom is -0.494 e. The Hall–Kier alpha value is -0.340. The molecule has 1 aromatic carbocycles. The van der Waals surface area contributed by atoms with Gasteiger partial charge in [-0.05, 0) is 28.1 Å². The van der Waals surface area contributed by atoms with Crippen molar-refractivity contribution in [1.29, 1.82) is 0 Å². The first-order chi connectivity index (χ1) is 8.34. The molecule has 0 saturated carbocycles. The monoisotopic (exact) mass is 356 g/mol. The van der Waals surface area contributed by atoms with Crippen LogP contribution in [0.5, 0.6) is 5.75 Å². The van der Waals surface area contributed by atoms with Crippen LogP contribution in [0.1, 0.15) is 0 Å². The van der Waals surface area contributed by atoms with Crippen LogP contribution in [0.25, 0.3) is 0 Å². The Labute approximate surface area is 120 Å². The summed E-state index contributed by atoms with van der Waals surface area (Å²) in [6.07, 6.45) is 0. The van der Waals surface area contributed by atoms with E-state index in [1.165, 1.54) is 20.2 Å². The van der Waals surface area contributed by atoms with Gasteiger partial charge in [-0.1, -0.05) is 11.6 Å². The third-order valence-corrected chi connectivity index (χ3v) is 4.98. The molecule has 0 fully saturated rings. The molecule has 8 heteroatoms. The van der Waals surface area contributed by atoms with Crippen LogP contribution in [0.4, 0.5) is 0 Å². The van der Waals surface area contributed by atoms with E-state index in [-0.39, 0.29) is 23.7 Å². The Morgan fingerprint density at radius 3 is 2.61 bits per heavy atom. The highest BCUT2D eigenvalue weighted by Gasteiger charge is 2.26. The summed E-state index contributed by atoms with van der Waals surface area (Å²) in [5, 5.41) is 0.308. The van der Waals surface area contributed by atoms with Gasteiger partial charge in [0.15, 0.2) is 5.75 Å². The van der Waals surface area contributed by atoms with Crippen molar-refractivity contribution in [3.63, 3.8) is 0 Å². The number of nitrogens with two attached hydrogens (primary N) is 1. The molecule has 0 aliphatic rings. The topological polar surface area (TPSA) is 72.6 Å². The van der Waals surface area contributed by atoms with Crippen LogP contribution in [-0.4, -0.2) is 40.0 Å². The highest BCUT2D eigenvalue weighted by Crippen LogP contribution is 2.36. The van der Waals surface area contributed by atoms with Crippen LogP contribution in [0.3, 0.4) is 0 Å². The van der Waals surface area contributed by atoms with Gasteiger partial charge in [0, 0.05) is 25.2 Å². The van der Waals surface area contributed by atoms with Crippen molar-refractivity contribution in [2.75, 3.05) is 27.2 Å². The number of sulfonamides is 1. The van der Waals surface area contributed by atoms with E-state index in [1.54, 1.807) is 6.07 Å². The fraction of sp³-hybridized carbons (Fsp3) is 0.400. The van der Waals surface area contributed by atoms with E-state index in [0.717, 1.165) is 4.31 Å². The van der Waals surface area contributed by atoms with Crippen molar-refractivity contribution in [2.45, 2.75) is 4.90 Å². The zero-order valence-electron chi connectivity index (χ0n) is 9.98. The van der Waals surface area contributed by atoms with Crippen LogP contribution in [0.15, 0.2) is 21.5 Å². The fourth-order valence-corrected chi connectivity index (χ4v) is 3.95. The largest absolute Gasteiger partial charge is 0.494 e. The first-order valence-electron chi connectivity index (χ1n) is 5.04. The maximum atomic E-state index is 12.3. The predicted molar refractivity (Wildman–Crippen MR) is 74.6 cm³/mol. The molecule has 1 aromatic rings. The lowest BCUT2D eigenvalue weighted by Crippen LogP contribution is -2.32. The summed E-state index contributed by atoms with van der Waals surface area (Å²) < 4.78 is 31.4. The van der Waals surface area contributed by atoms with Gasteiger partial charge in [-0.2, -0.15) is 4.31 Å². The van der Waals surface area contributed by atoms with Crippen molar-refractivity contribution in [2.24, 2.45) is 5.73 Å². The molecule has 0 saturated heterocycles. The normalized spacial score (nSPS) is 11.9. The van der Waals surface area contributed by atoms with Gasteiger partial charge in [0.05, 0.1) is 11.6 Å². The Kier molecular flexibility index (Phi) is 5.42. The standard InChI is InChI=1S/C10H14BrClN2O3S/c1-14(4-3-13)18(15,16)9-6-7(12)5-8(11)10(9)17-2/h5-6H,3-4,13H2,1-2H3. The quantitative estimate of drug-likeness (QED) is 0.870. The minimum atomic E-state index is -3.67. The molecule has 18 heavy (non-hydrogen) atoms. The fourth-order valence-electron chi connectivity index (χ4n) is 1.40. The summed E-state index contributed by atoms with van der Waals surface area (Å²) in [4.78, 5) is 0.0142. The third kappa shape index (κ3) is 3.16. The zero-order valence-corrected chi connectivity index (χ0v) is 13.1. The second kappa shape index (κ2) is 6.21. The van der Waals surface area contributed by atoms with E-state index < -0.39 is 10.0 Å². The number of benzene rings is 1. The maximum Gasteiger partial charge on any atom is 0.246 e. The summed E-state index contributed by atoms with van der Waals surface area (Å²) >= 11 is 9.10. The first kappa shape index (κ1) is 15.7. The number of hydrogen-bond acceptors (Lipinski definition) is 4. The number of hydrogen-bond donors (Lipinski definition) is 1. The number of halogens is 2. The average molecular weight is 358 g/mol. The van der Waals surface area contributed by atoms with Gasteiger partial charge in [0.2, 0.25) is 10.0 Å². The SMILES string of the molecule is COc1c(Br)cc(Cl)cc1S(=O)(=O)N(C)CCN. The summed E-state index contributed by atoms with van der Waals surface area (Å²) in [6.45, 7) is 0.454. The van der Waals surface area contributed by atoms with E-state index in [9.17, 15) is 8.42 Å². The number of likely N-dealkylation sites (N-methyl/N-ethyl adjacent to an activating group) is 1. The Morgan fingerprint density at radius 2 is 2.11 bits per heavy atom. The van der Waals surface area contributed by atoms with Crippen LogP contribution in [0, 0.1) is 0 Å². The molecular formula is C10H14BrClN2O3S. The molecule has 0 atom stereocenters. The lowest BCUT2D eigenvalue weighted by Gasteiger charge is -2.19. The molecule has 0 aromatic heterocycles. The summed E-state index contributed by atoms with van der Waals surface area (Å²) in [7, 11) is -0.821. The third-order valence-electron chi connectivity index (χ3n) is 2.31. The second-order valence-corrected chi connectivity index (χ2v) is 6.84. The first-order valence-corrected chi connectivity index (χ1v) is 7.65. The Balaban J connectivity index is 3.40. The van der Waals surface area contributed by atoms with Gasteiger partial charge in [-0.25, -0.2) is 8.42 Å². The molecular weight excluding hydrogens is 344 g/mol. The Bertz CT molecular complexity index is 536. The smallest absolute Gasteiger partial charge is 0.246 e. The molecule has 102 valence electrons. The van der Waals surface area contributed by atoms with Gasteiger partial charge >= 0.3 is 0 Å². The lowest BCUT2D eigenvalue weighted by atomic mass is 10.3. The van der Waals surface area contributed by atoms with Crippen LogP contribution >= 0.6 is 27.5 Å². The number of nitrogens with zero attached hydrogens (tertiary/aromatic N) is 1. The number of methoxy groups -OCH3 is 1. The van der Waals surface area contributed by atoms with Gasteiger partial charge in [-0.3, -0.25) is 0 Å². The Morgan fingerprint density at radius 1 is 1.50 bits per heavy atom. The average Bonchev–Trinajstić information content (AvgIpc) is 2.28. The molecule has 0 unspecified atom stereocenters. The van der Waals surface area contributed by atoms with E-state index in [0.29, 0.717) is 9.50 Å². The van der Waals surface area contributed by atoms with Gasteiger partial charge in [-0.15, -0.1) is 0 Å². The zero-order chi connectivity index (χ0) is 13.9. The summed E-state index contributed by atoms with van der Waals surface area (Å²) in [6, 6.07) is 2.93. The highest BCUT2D eigenvalue weighted by atomic mass is 79.9. The predicted octanol–water partition coefficient (Wildman–Crippen LogP) is 1.69. The number of ether oxygens (including phenoxy) is 1. The lowest BCUT2D eigenvalue weighted by molar-refractivity contribution is 0.396. The van der Waals surface area contributed by atoms with E-state index in [2.05, 4.69) is 15.9 Å². The molecule has 1 rings (SSSR count). The summed E-state index contributed by atoms with van der Waals surface area (Å²) in [5.74, 6) is 0.225. The van der Waals surface area contributed by atoms with Crippen LogP contribution in [-0.2, 0) is 10.0 Å². The molecule has 0 aliphatic carbocycles. The van der Waals surface area contributed by atoms with E-state index >= 15 is 0 Å². The second-order valence-electron chi connectivity index (χ2n) is 3.53.